The van der Waals surface area contributed by atoms with E-state index in [0.29, 0.717) is 27.7 Å². The smallest absolute Gasteiger partial charge is 0.244 e. The lowest BCUT2D eigenvalue weighted by Crippen LogP contribution is -2.53. The molecule has 0 bridgehead atoms. The molecule has 192 valence electrons. The molecule has 0 spiro atoms. The van der Waals surface area contributed by atoms with Gasteiger partial charge in [-0.25, -0.2) is 8.42 Å². The number of rotatable bonds is 11. The minimum Gasteiger partial charge on any atom is -0.352 e. The third-order valence-electron chi connectivity index (χ3n) is 5.75. The van der Waals surface area contributed by atoms with Gasteiger partial charge in [-0.05, 0) is 56.5 Å². The molecule has 0 unspecified atom stereocenters. The Morgan fingerprint density at radius 2 is 1.63 bits per heavy atom. The first-order chi connectivity index (χ1) is 16.4. The second-order valence-corrected chi connectivity index (χ2v) is 11.3. The highest BCUT2D eigenvalue weighted by Gasteiger charge is 2.32. The van der Waals surface area contributed by atoms with Crippen molar-refractivity contribution in [2.75, 3.05) is 17.1 Å². The van der Waals surface area contributed by atoms with Crippen LogP contribution in [0.1, 0.15) is 44.7 Å². The molecule has 0 aliphatic rings. The first-order valence-corrected chi connectivity index (χ1v) is 14.1. The molecule has 0 radical (unpaired) electrons. The largest absolute Gasteiger partial charge is 0.352 e. The van der Waals surface area contributed by atoms with E-state index in [-0.39, 0.29) is 18.5 Å². The van der Waals surface area contributed by atoms with Gasteiger partial charge in [0.25, 0.3) is 0 Å². The summed E-state index contributed by atoms with van der Waals surface area (Å²) < 4.78 is 26.4. The van der Waals surface area contributed by atoms with Crippen molar-refractivity contribution in [1.29, 1.82) is 0 Å². The summed E-state index contributed by atoms with van der Waals surface area (Å²) in [7, 11) is -3.79. The Balaban J connectivity index is 2.50. The van der Waals surface area contributed by atoms with E-state index in [2.05, 4.69) is 5.32 Å². The number of nitrogens with zero attached hydrogens (tertiary/aromatic N) is 2. The maximum atomic E-state index is 13.7. The van der Waals surface area contributed by atoms with Crippen molar-refractivity contribution in [1.82, 2.24) is 10.2 Å². The van der Waals surface area contributed by atoms with E-state index in [0.717, 1.165) is 22.5 Å². The quantitative estimate of drug-likeness (QED) is 0.443. The zero-order valence-electron chi connectivity index (χ0n) is 20.7. The van der Waals surface area contributed by atoms with Crippen molar-refractivity contribution < 1.29 is 18.0 Å². The summed E-state index contributed by atoms with van der Waals surface area (Å²) in [5.41, 5.74) is 1.71. The summed E-state index contributed by atoms with van der Waals surface area (Å²) in [4.78, 5) is 28.2. The minimum absolute atomic E-state index is 0.0464. The summed E-state index contributed by atoms with van der Waals surface area (Å²) in [6, 6.07) is 11.0. The lowest BCUT2D eigenvalue weighted by molar-refractivity contribution is -0.140. The van der Waals surface area contributed by atoms with Crippen molar-refractivity contribution in [2.45, 2.75) is 59.2 Å². The number of carbonyl (C=O) groups excluding carboxylic acids is 2. The van der Waals surface area contributed by atoms with E-state index in [1.807, 2.05) is 26.8 Å². The number of benzene rings is 2. The first-order valence-electron chi connectivity index (χ1n) is 11.5. The summed E-state index contributed by atoms with van der Waals surface area (Å²) in [6.07, 6.45) is 2.09. The van der Waals surface area contributed by atoms with Gasteiger partial charge in [0.1, 0.15) is 12.6 Å². The van der Waals surface area contributed by atoms with Gasteiger partial charge in [0.15, 0.2) is 0 Å². The van der Waals surface area contributed by atoms with Gasteiger partial charge in [-0.3, -0.25) is 13.9 Å². The maximum absolute atomic E-state index is 13.7. The number of hydrogen-bond acceptors (Lipinski definition) is 4. The predicted octanol–water partition coefficient (Wildman–Crippen LogP) is 4.79. The van der Waals surface area contributed by atoms with Gasteiger partial charge in [-0.2, -0.15) is 0 Å². The highest BCUT2D eigenvalue weighted by molar-refractivity contribution is 7.92. The molecular formula is C25H33Cl2N3O4S. The van der Waals surface area contributed by atoms with Crippen LogP contribution in [0.4, 0.5) is 5.69 Å². The topological polar surface area (TPSA) is 86.8 Å². The summed E-state index contributed by atoms with van der Waals surface area (Å²) >= 11 is 12.7. The SMILES string of the molecule is CC[C@H](C)NC(=O)[C@H](CC)N(Cc1c(Cl)cccc1Cl)C(=O)CN(c1cccc(C)c1)S(C)(=O)=O. The lowest BCUT2D eigenvalue weighted by atomic mass is 10.1. The molecule has 0 fully saturated rings. The molecule has 2 aromatic carbocycles. The van der Waals surface area contributed by atoms with Crippen molar-refractivity contribution in [2.24, 2.45) is 0 Å². The van der Waals surface area contributed by atoms with Gasteiger partial charge in [0, 0.05) is 28.2 Å². The van der Waals surface area contributed by atoms with Crippen LogP contribution in [0.2, 0.25) is 10.0 Å². The van der Waals surface area contributed by atoms with Crippen LogP contribution < -0.4 is 9.62 Å². The fraction of sp³-hybridized carbons (Fsp3) is 0.440. The minimum atomic E-state index is -3.79. The zero-order valence-corrected chi connectivity index (χ0v) is 23.0. The molecular weight excluding hydrogens is 509 g/mol. The molecule has 0 aliphatic carbocycles. The first kappa shape index (κ1) is 28.9. The van der Waals surface area contributed by atoms with Crippen LogP contribution in [-0.2, 0) is 26.2 Å². The van der Waals surface area contributed by atoms with E-state index < -0.39 is 28.5 Å². The van der Waals surface area contributed by atoms with Crippen molar-refractivity contribution in [3.8, 4) is 0 Å². The van der Waals surface area contributed by atoms with Gasteiger partial charge in [-0.15, -0.1) is 0 Å². The zero-order chi connectivity index (χ0) is 26.3. The number of halogens is 2. The summed E-state index contributed by atoms with van der Waals surface area (Å²) in [5, 5.41) is 3.63. The maximum Gasteiger partial charge on any atom is 0.244 e. The molecule has 2 aromatic rings. The number of amides is 2. The van der Waals surface area contributed by atoms with Gasteiger partial charge in [-0.1, -0.05) is 55.2 Å². The van der Waals surface area contributed by atoms with Crippen LogP contribution in [0.5, 0.6) is 0 Å². The Labute approximate surface area is 218 Å². The summed E-state index contributed by atoms with van der Waals surface area (Å²) in [5.74, 6) is -0.862. The van der Waals surface area contributed by atoms with Crippen molar-refractivity contribution >= 4 is 50.7 Å². The fourth-order valence-electron chi connectivity index (χ4n) is 3.61. The van der Waals surface area contributed by atoms with Gasteiger partial charge in [0.2, 0.25) is 21.8 Å². The van der Waals surface area contributed by atoms with Crippen LogP contribution in [0.25, 0.3) is 0 Å². The molecule has 0 aliphatic heterocycles. The number of sulfonamides is 1. The standard InChI is InChI=1S/C25H33Cl2N3O4S/c1-6-18(4)28-25(32)23(7-2)29(15-20-21(26)12-9-13-22(20)27)24(31)16-30(35(5,33)34)19-11-8-10-17(3)14-19/h8-14,18,23H,6-7,15-16H2,1-5H3,(H,28,32)/t18-,23-/m0/s1. The van der Waals surface area contributed by atoms with Gasteiger partial charge >= 0.3 is 0 Å². The van der Waals surface area contributed by atoms with Crippen LogP contribution in [0.3, 0.4) is 0 Å². The molecule has 1 N–H and O–H groups in total. The fourth-order valence-corrected chi connectivity index (χ4v) is 4.97. The van der Waals surface area contributed by atoms with Crippen molar-refractivity contribution in [3.63, 3.8) is 0 Å². The molecule has 7 nitrogen and oxygen atoms in total. The Morgan fingerprint density at radius 1 is 1.03 bits per heavy atom. The monoisotopic (exact) mass is 541 g/mol. The number of carbonyl (C=O) groups is 2. The van der Waals surface area contributed by atoms with E-state index in [1.54, 1.807) is 43.3 Å². The molecule has 0 saturated carbocycles. The molecule has 10 heteroatoms. The number of nitrogens with one attached hydrogen (secondary N) is 1. The Kier molecular flexibility index (Phi) is 10.4. The second-order valence-electron chi connectivity index (χ2n) is 8.57. The number of anilines is 1. The Hall–Kier alpha value is -2.29. The Morgan fingerprint density at radius 3 is 2.14 bits per heavy atom. The van der Waals surface area contributed by atoms with E-state index in [1.165, 1.54) is 4.90 Å². The average molecular weight is 543 g/mol. The number of hydrogen-bond donors (Lipinski definition) is 1. The molecule has 2 rings (SSSR count). The Bertz CT molecular complexity index is 1140. The van der Waals surface area contributed by atoms with Crippen molar-refractivity contribution in [3.05, 3.63) is 63.6 Å². The highest BCUT2D eigenvalue weighted by Crippen LogP contribution is 2.28. The van der Waals surface area contributed by atoms with E-state index in [4.69, 9.17) is 23.2 Å². The lowest BCUT2D eigenvalue weighted by Gasteiger charge is -2.33. The number of aryl methyl sites for hydroxylation is 1. The normalized spacial score (nSPS) is 13.1. The second kappa shape index (κ2) is 12.6. The van der Waals surface area contributed by atoms with Crippen LogP contribution in [-0.4, -0.2) is 50.0 Å². The van der Waals surface area contributed by atoms with Gasteiger partial charge in [0.05, 0.1) is 11.9 Å². The molecule has 2 atom stereocenters. The van der Waals surface area contributed by atoms with Crippen LogP contribution in [0, 0.1) is 6.92 Å². The van der Waals surface area contributed by atoms with Crippen LogP contribution >= 0.6 is 23.2 Å². The third kappa shape index (κ3) is 7.85. The average Bonchev–Trinajstić information content (AvgIpc) is 2.78. The van der Waals surface area contributed by atoms with E-state index >= 15 is 0 Å². The van der Waals surface area contributed by atoms with E-state index in [9.17, 15) is 18.0 Å². The molecule has 0 saturated heterocycles. The third-order valence-corrected chi connectivity index (χ3v) is 7.59. The molecule has 35 heavy (non-hydrogen) atoms. The molecule has 0 heterocycles. The van der Waals surface area contributed by atoms with Crippen LogP contribution in [0.15, 0.2) is 42.5 Å². The van der Waals surface area contributed by atoms with Gasteiger partial charge < -0.3 is 10.2 Å². The molecule has 0 aromatic heterocycles. The summed E-state index contributed by atoms with van der Waals surface area (Å²) in [6.45, 7) is 6.94. The molecule has 2 amide bonds. The highest BCUT2D eigenvalue weighted by atomic mass is 35.5. The predicted molar refractivity (Wildman–Crippen MR) is 142 cm³/mol.